The van der Waals surface area contributed by atoms with Gasteiger partial charge in [-0.2, -0.15) is 0 Å². The van der Waals surface area contributed by atoms with E-state index in [4.69, 9.17) is 9.15 Å². The summed E-state index contributed by atoms with van der Waals surface area (Å²) in [5.41, 5.74) is 1.37. The molecule has 3 N–H and O–H groups in total. The van der Waals surface area contributed by atoms with Crippen molar-refractivity contribution in [2.45, 2.75) is 92.3 Å². The molecular formula is C27H41NO6. The maximum atomic E-state index is 13.2. The van der Waals surface area contributed by atoms with E-state index in [9.17, 15) is 20.1 Å². The number of aromatic nitrogens is 1. The molecule has 34 heavy (non-hydrogen) atoms. The lowest BCUT2D eigenvalue weighted by atomic mass is 9.73. The molecule has 7 heteroatoms. The summed E-state index contributed by atoms with van der Waals surface area (Å²) in [5, 5.41) is 32.3. The predicted molar refractivity (Wildman–Crippen MR) is 132 cm³/mol. The lowest BCUT2D eigenvalue weighted by molar-refractivity contribution is -0.160. The van der Waals surface area contributed by atoms with Gasteiger partial charge in [-0.15, -0.1) is 0 Å². The van der Waals surface area contributed by atoms with Crippen LogP contribution in [0.4, 0.5) is 0 Å². The molecule has 1 aromatic heterocycles. The van der Waals surface area contributed by atoms with Gasteiger partial charge in [0, 0.05) is 24.7 Å². The van der Waals surface area contributed by atoms with Crippen LogP contribution in [0.2, 0.25) is 0 Å². The van der Waals surface area contributed by atoms with Crippen LogP contribution in [0.3, 0.4) is 0 Å². The molecule has 0 bridgehead atoms. The fourth-order valence-electron chi connectivity index (χ4n) is 4.22. The van der Waals surface area contributed by atoms with Gasteiger partial charge in [-0.1, -0.05) is 51.5 Å². The van der Waals surface area contributed by atoms with Crippen molar-refractivity contribution in [1.29, 1.82) is 0 Å². The standard InChI is InChI=1S/C27H41NO6/c1-16-9-8-10-17(2)25(31)19(4)26(32)27(6,7)23(29)14-24(30)34-22(12-11-16)18(3)13-21-15-33-20(5)28-21/h8-9,11,13,15,17,19,22-25,29-31H,10,12,14H2,1-7H3/b9-8+,16-11-,18-13+/t17-,19+,22-,23-,24?,25-/m0/s1. The summed E-state index contributed by atoms with van der Waals surface area (Å²) in [5.74, 6) is -0.462. The summed E-state index contributed by atoms with van der Waals surface area (Å²) < 4.78 is 11.2. The van der Waals surface area contributed by atoms with Crippen LogP contribution in [0.5, 0.6) is 0 Å². The summed E-state index contributed by atoms with van der Waals surface area (Å²) in [7, 11) is 0. The maximum Gasteiger partial charge on any atom is 0.191 e. The van der Waals surface area contributed by atoms with Crippen LogP contribution < -0.4 is 0 Å². The van der Waals surface area contributed by atoms with Crippen molar-refractivity contribution in [2.24, 2.45) is 17.3 Å². The molecule has 2 heterocycles. The number of nitrogens with zero attached hydrogens (tertiary/aromatic N) is 1. The van der Waals surface area contributed by atoms with E-state index >= 15 is 0 Å². The quantitative estimate of drug-likeness (QED) is 0.582. The number of rotatable bonds is 2. The summed E-state index contributed by atoms with van der Waals surface area (Å²) in [6.45, 7) is 12.5. The molecule has 0 fully saturated rings. The second kappa shape index (κ2) is 12.1. The highest BCUT2D eigenvalue weighted by molar-refractivity contribution is 5.87. The number of hydrogen-bond acceptors (Lipinski definition) is 7. The highest BCUT2D eigenvalue weighted by atomic mass is 16.6. The van der Waals surface area contributed by atoms with Gasteiger partial charge >= 0.3 is 0 Å². The Morgan fingerprint density at radius 3 is 2.47 bits per heavy atom. The van der Waals surface area contributed by atoms with Crippen molar-refractivity contribution in [2.75, 3.05) is 0 Å². The molecule has 0 radical (unpaired) electrons. The van der Waals surface area contributed by atoms with Gasteiger partial charge in [0.2, 0.25) is 0 Å². The molecule has 6 atom stereocenters. The van der Waals surface area contributed by atoms with Crippen LogP contribution in [-0.4, -0.2) is 50.7 Å². The van der Waals surface area contributed by atoms with E-state index < -0.39 is 35.9 Å². The molecule has 2 rings (SSSR count). The zero-order chi connectivity index (χ0) is 25.6. The smallest absolute Gasteiger partial charge is 0.191 e. The van der Waals surface area contributed by atoms with Gasteiger partial charge in [-0.05, 0) is 44.3 Å². The summed E-state index contributed by atoms with van der Waals surface area (Å²) >= 11 is 0. The van der Waals surface area contributed by atoms with Crippen molar-refractivity contribution in [3.63, 3.8) is 0 Å². The molecule has 190 valence electrons. The molecule has 1 unspecified atom stereocenters. The SMILES string of the molecule is CC1=C/C[C@@H](/C(C)=C/c2coc(C)n2)OC(O)C[C@H](O)C(C)(C)C(=O)[C@H](C)[C@@H](O)[C@@H](C)C\C=C\1. The van der Waals surface area contributed by atoms with Crippen LogP contribution in [0.25, 0.3) is 6.08 Å². The summed E-state index contributed by atoms with van der Waals surface area (Å²) in [6, 6.07) is 0. The second-order valence-electron chi connectivity index (χ2n) is 10.2. The minimum Gasteiger partial charge on any atom is -0.449 e. The number of carbonyl (C=O) groups is 1. The fourth-order valence-corrected chi connectivity index (χ4v) is 4.22. The molecule has 1 aliphatic rings. The average Bonchev–Trinajstić information content (AvgIpc) is 3.18. The lowest BCUT2D eigenvalue weighted by Crippen LogP contribution is -2.46. The molecule has 0 aromatic carbocycles. The van der Waals surface area contributed by atoms with Gasteiger partial charge in [0.1, 0.15) is 17.7 Å². The van der Waals surface area contributed by atoms with Crippen LogP contribution >= 0.6 is 0 Å². The highest BCUT2D eigenvalue weighted by Crippen LogP contribution is 2.32. The number of ether oxygens (including phenoxy) is 1. The first kappa shape index (κ1) is 28.2. The maximum absolute atomic E-state index is 13.2. The second-order valence-corrected chi connectivity index (χ2v) is 10.2. The molecule has 1 aromatic rings. The zero-order valence-electron chi connectivity index (χ0n) is 21.5. The number of oxazole rings is 1. The van der Waals surface area contributed by atoms with Crippen molar-refractivity contribution in [3.8, 4) is 0 Å². The number of Topliss-reactive ketones (excluding diaryl/α,β-unsaturated/α-hetero) is 1. The van der Waals surface area contributed by atoms with E-state index in [0.717, 1.165) is 11.1 Å². The molecule has 1 aliphatic heterocycles. The topological polar surface area (TPSA) is 113 Å². The minimum absolute atomic E-state index is 0.124. The lowest BCUT2D eigenvalue weighted by Gasteiger charge is -2.35. The monoisotopic (exact) mass is 475 g/mol. The molecule has 0 spiro atoms. The van der Waals surface area contributed by atoms with E-state index in [1.807, 2.05) is 45.1 Å². The van der Waals surface area contributed by atoms with E-state index in [-0.39, 0.29) is 18.1 Å². The number of carbonyl (C=O) groups excluding carboxylic acids is 1. The normalized spacial score (nSPS) is 34.9. The zero-order valence-corrected chi connectivity index (χ0v) is 21.5. The van der Waals surface area contributed by atoms with Gasteiger partial charge in [-0.25, -0.2) is 4.98 Å². The first-order valence-corrected chi connectivity index (χ1v) is 12.0. The van der Waals surface area contributed by atoms with Crippen molar-refractivity contribution >= 4 is 11.9 Å². The molecule has 0 amide bonds. The fraction of sp³-hybridized carbons (Fsp3) is 0.630. The highest BCUT2D eigenvalue weighted by Gasteiger charge is 2.42. The van der Waals surface area contributed by atoms with Crippen LogP contribution in [0.1, 0.15) is 72.4 Å². The predicted octanol–water partition coefficient (Wildman–Crippen LogP) is 4.37. The van der Waals surface area contributed by atoms with Crippen molar-refractivity contribution in [3.05, 3.63) is 47.2 Å². The minimum atomic E-state index is -1.29. The Hall–Kier alpha value is -2.06. The molecule has 7 nitrogen and oxygen atoms in total. The molecular weight excluding hydrogens is 434 g/mol. The van der Waals surface area contributed by atoms with E-state index in [0.29, 0.717) is 24.4 Å². The van der Waals surface area contributed by atoms with Crippen molar-refractivity contribution in [1.82, 2.24) is 4.98 Å². The number of aliphatic hydroxyl groups is 3. The summed E-state index contributed by atoms with van der Waals surface area (Å²) in [6.07, 6.45) is 6.67. The Balaban J connectivity index is 2.36. The number of allylic oxidation sites excluding steroid dienone is 3. The van der Waals surface area contributed by atoms with Crippen LogP contribution in [0.15, 0.2) is 40.1 Å². The van der Waals surface area contributed by atoms with E-state index in [1.54, 1.807) is 34.0 Å². The van der Waals surface area contributed by atoms with Gasteiger partial charge < -0.3 is 24.5 Å². The number of hydrogen-bond donors (Lipinski definition) is 3. The molecule has 0 saturated heterocycles. The number of aryl methyl sites for hydroxylation is 1. The average molecular weight is 476 g/mol. The largest absolute Gasteiger partial charge is 0.449 e. The third kappa shape index (κ3) is 7.47. The van der Waals surface area contributed by atoms with Gasteiger partial charge in [0.25, 0.3) is 0 Å². The van der Waals surface area contributed by atoms with E-state index in [2.05, 4.69) is 4.98 Å². The van der Waals surface area contributed by atoms with Gasteiger partial charge in [-0.3, -0.25) is 4.79 Å². The third-order valence-electron chi connectivity index (χ3n) is 6.79. The summed E-state index contributed by atoms with van der Waals surface area (Å²) in [4.78, 5) is 17.5. The van der Waals surface area contributed by atoms with Gasteiger partial charge in [0.05, 0.1) is 18.3 Å². The Morgan fingerprint density at radius 1 is 1.18 bits per heavy atom. The Labute approximate surface area is 203 Å². The Kier molecular flexibility index (Phi) is 10.0. The first-order chi connectivity index (χ1) is 15.8. The van der Waals surface area contributed by atoms with Crippen molar-refractivity contribution < 1.29 is 29.3 Å². The number of ketones is 1. The Morgan fingerprint density at radius 2 is 1.85 bits per heavy atom. The first-order valence-electron chi connectivity index (χ1n) is 12.0. The van der Waals surface area contributed by atoms with Gasteiger partial charge in [0.15, 0.2) is 12.2 Å². The van der Waals surface area contributed by atoms with Crippen LogP contribution in [0, 0.1) is 24.2 Å². The molecule has 0 saturated carbocycles. The third-order valence-corrected chi connectivity index (χ3v) is 6.79. The van der Waals surface area contributed by atoms with Crippen LogP contribution in [-0.2, 0) is 9.53 Å². The molecule has 0 aliphatic carbocycles. The number of aliphatic hydroxyl groups excluding tert-OH is 3. The Bertz CT molecular complexity index is 912. The van der Waals surface area contributed by atoms with E-state index in [1.165, 1.54) is 0 Å².